The number of carbonyl (C=O) groups is 2. The Morgan fingerprint density at radius 2 is 1.57 bits per heavy atom. The number of ether oxygens (including phenoxy) is 1. The summed E-state index contributed by atoms with van der Waals surface area (Å²) in [5.74, 6) is -0.516. The molecule has 0 radical (unpaired) electrons. The highest BCUT2D eigenvalue weighted by Gasteiger charge is 2.28. The number of halogens is 1. The summed E-state index contributed by atoms with van der Waals surface area (Å²) in [4.78, 5) is 25.1. The smallest absolute Gasteiger partial charge is 0.264 e. The second-order valence-electron chi connectivity index (χ2n) is 9.22. The van der Waals surface area contributed by atoms with Crippen LogP contribution in [0.4, 0.5) is 11.4 Å². The third kappa shape index (κ3) is 7.74. The first kappa shape index (κ1) is 30.3. The number of nitrogens with zero attached hydrogens (tertiary/aromatic N) is 2. The Kier molecular flexibility index (Phi) is 9.95. The minimum Gasteiger partial charge on any atom is -0.484 e. The molecule has 0 heterocycles. The van der Waals surface area contributed by atoms with Crippen molar-refractivity contribution in [2.45, 2.75) is 18.7 Å². The normalized spacial score (nSPS) is 11.2. The van der Waals surface area contributed by atoms with Crippen molar-refractivity contribution < 1.29 is 22.7 Å². The first-order valence-corrected chi connectivity index (χ1v) is 14.7. The van der Waals surface area contributed by atoms with Gasteiger partial charge < -0.3 is 10.1 Å². The number of nitrogens with one attached hydrogen (secondary N) is 2. The van der Waals surface area contributed by atoms with Gasteiger partial charge in [0.15, 0.2) is 6.61 Å². The van der Waals surface area contributed by atoms with Gasteiger partial charge in [0.1, 0.15) is 12.3 Å². The van der Waals surface area contributed by atoms with Crippen LogP contribution in [0.25, 0.3) is 0 Å². The van der Waals surface area contributed by atoms with Gasteiger partial charge in [-0.2, -0.15) is 5.10 Å². The molecule has 0 bridgehead atoms. The van der Waals surface area contributed by atoms with E-state index < -0.39 is 22.5 Å². The third-order valence-corrected chi connectivity index (χ3v) is 8.37. The maximum Gasteiger partial charge on any atom is 0.264 e. The fourth-order valence-electron chi connectivity index (χ4n) is 3.92. The van der Waals surface area contributed by atoms with Gasteiger partial charge in [0.2, 0.25) is 0 Å². The van der Waals surface area contributed by atoms with Crippen LogP contribution in [-0.4, -0.2) is 39.6 Å². The molecule has 2 amide bonds. The number of aryl methyl sites for hydroxylation is 1. The van der Waals surface area contributed by atoms with Crippen molar-refractivity contribution in [1.82, 2.24) is 5.43 Å². The lowest BCUT2D eigenvalue weighted by Gasteiger charge is -2.26. The van der Waals surface area contributed by atoms with E-state index in [9.17, 15) is 18.0 Å². The number of rotatable bonds is 11. The zero-order valence-corrected chi connectivity index (χ0v) is 24.5. The first-order chi connectivity index (χ1) is 20.1. The van der Waals surface area contributed by atoms with E-state index in [-0.39, 0.29) is 17.4 Å². The molecule has 11 heteroatoms. The number of amides is 2. The van der Waals surface area contributed by atoms with Crippen LogP contribution in [0, 0.1) is 13.8 Å². The number of sulfonamides is 1. The molecule has 0 aliphatic heterocycles. The number of anilines is 2. The number of hydrazone groups is 1. The van der Waals surface area contributed by atoms with E-state index in [1.54, 1.807) is 78.9 Å². The zero-order chi connectivity index (χ0) is 30.1. The topological polar surface area (TPSA) is 117 Å². The summed E-state index contributed by atoms with van der Waals surface area (Å²) in [6.45, 7) is 3.01. The van der Waals surface area contributed by atoms with Gasteiger partial charge in [-0.1, -0.05) is 54.1 Å². The molecule has 0 spiro atoms. The molecule has 0 atom stereocenters. The minimum absolute atomic E-state index is 0.0749. The van der Waals surface area contributed by atoms with E-state index in [0.29, 0.717) is 27.7 Å². The summed E-state index contributed by atoms with van der Waals surface area (Å²) >= 11 is 6.05. The van der Waals surface area contributed by atoms with Crippen molar-refractivity contribution >= 4 is 51.0 Å². The van der Waals surface area contributed by atoms with Crippen LogP contribution >= 0.6 is 11.6 Å². The number of para-hydroxylation sites is 1. The van der Waals surface area contributed by atoms with Crippen LogP contribution in [0.3, 0.4) is 0 Å². The van der Waals surface area contributed by atoms with Crippen molar-refractivity contribution in [3.05, 3.63) is 119 Å². The van der Waals surface area contributed by atoms with Crippen LogP contribution in [0.5, 0.6) is 5.75 Å². The molecule has 0 unspecified atom stereocenters. The fraction of sp³-hybridized carbons (Fsp3) is 0.129. The minimum atomic E-state index is -4.03. The van der Waals surface area contributed by atoms with Gasteiger partial charge >= 0.3 is 0 Å². The molecule has 216 valence electrons. The predicted molar refractivity (Wildman–Crippen MR) is 165 cm³/mol. The Balaban J connectivity index is 1.37. The molecular weight excluding hydrogens is 576 g/mol. The SMILES string of the molecule is Cc1cccc(N(CC(=O)N/N=C\c2ccc(OCC(=O)Nc3ccccc3Cl)cc2)S(=O)(=O)c2ccccc2)c1C. The Hall–Kier alpha value is -4.67. The largest absolute Gasteiger partial charge is 0.484 e. The Labute approximate surface area is 249 Å². The van der Waals surface area contributed by atoms with E-state index >= 15 is 0 Å². The summed E-state index contributed by atoms with van der Waals surface area (Å²) in [7, 11) is -4.03. The molecule has 0 fully saturated rings. The maximum atomic E-state index is 13.5. The highest BCUT2D eigenvalue weighted by molar-refractivity contribution is 7.92. The van der Waals surface area contributed by atoms with Gasteiger partial charge in [0.25, 0.3) is 21.8 Å². The lowest BCUT2D eigenvalue weighted by molar-refractivity contribution is -0.119. The monoisotopic (exact) mass is 604 g/mol. The third-order valence-electron chi connectivity index (χ3n) is 6.26. The van der Waals surface area contributed by atoms with E-state index in [1.165, 1.54) is 18.3 Å². The molecule has 0 aromatic heterocycles. The second-order valence-corrected chi connectivity index (χ2v) is 11.5. The number of carbonyl (C=O) groups excluding carboxylic acids is 2. The van der Waals surface area contributed by atoms with E-state index in [0.717, 1.165) is 15.4 Å². The molecule has 4 aromatic rings. The van der Waals surface area contributed by atoms with Gasteiger partial charge in [-0.05, 0) is 85.1 Å². The molecule has 0 saturated heterocycles. The van der Waals surface area contributed by atoms with E-state index in [1.807, 2.05) is 19.9 Å². The molecular formula is C31H29ClN4O5S. The average Bonchev–Trinajstić information content (AvgIpc) is 2.99. The summed E-state index contributed by atoms with van der Waals surface area (Å²) < 4.78 is 33.7. The highest BCUT2D eigenvalue weighted by atomic mass is 35.5. The lowest BCUT2D eigenvalue weighted by Crippen LogP contribution is -2.40. The number of hydrogen-bond acceptors (Lipinski definition) is 6. The molecule has 0 saturated carbocycles. The predicted octanol–water partition coefficient (Wildman–Crippen LogP) is 5.32. The maximum absolute atomic E-state index is 13.5. The second kappa shape index (κ2) is 13.8. The Morgan fingerprint density at radius 3 is 2.29 bits per heavy atom. The zero-order valence-electron chi connectivity index (χ0n) is 23.0. The number of benzene rings is 4. The molecule has 0 aliphatic carbocycles. The van der Waals surface area contributed by atoms with Gasteiger partial charge in [0, 0.05) is 0 Å². The summed E-state index contributed by atoms with van der Waals surface area (Å²) in [5, 5.41) is 7.09. The van der Waals surface area contributed by atoms with Crippen molar-refractivity contribution in [3.8, 4) is 5.75 Å². The lowest BCUT2D eigenvalue weighted by atomic mass is 10.1. The van der Waals surface area contributed by atoms with E-state index in [2.05, 4.69) is 15.8 Å². The summed E-state index contributed by atoms with van der Waals surface area (Å²) in [6.07, 6.45) is 1.42. The van der Waals surface area contributed by atoms with Crippen LogP contribution in [0.15, 0.2) is 107 Å². The van der Waals surface area contributed by atoms with Gasteiger partial charge in [-0.3, -0.25) is 13.9 Å². The molecule has 4 aromatic carbocycles. The Bertz CT molecular complexity index is 1690. The van der Waals surface area contributed by atoms with Gasteiger partial charge in [0.05, 0.1) is 27.5 Å². The van der Waals surface area contributed by atoms with Gasteiger partial charge in [-0.25, -0.2) is 13.8 Å². The summed E-state index contributed by atoms with van der Waals surface area (Å²) in [6, 6.07) is 26.8. The highest BCUT2D eigenvalue weighted by Crippen LogP contribution is 2.28. The van der Waals surface area contributed by atoms with Gasteiger partial charge in [-0.15, -0.1) is 0 Å². The number of hydrogen-bond donors (Lipinski definition) is 2. The molecule has 2 N–H and O–H groups in total. The van der Waals surface area contributed by atoms with Crippen molar-refractivity contribution in [2.24, 2.45) is 5.10 Å². The van der Waals surface area contributed by atoms with Crippen LogP contribution in [-0.2, 0) is 19.6 Å². The summed E-state index contributed by atoms with van der Waals surface area (Å²) in [5.41, 5.74) is 5.60. The molecule has 4 rings (SSSR count). The standard InChI is InChI=1S/C31H29ClN4O5S/c1-22-9-8-14-29(23(22)2)36(42(39,40)26-10-4-3-5-11-26)20-30(37)35-33-19-24-15-17-25(18-16-24)41-21-31(38)34-28-13-7-6-12-27(28)32/h3-19H,20-21H2,1-2H3,(H,34,38)(H,35,37)/b33-19-. The van der Waals surface area contributed by atoms with Crippen LogP contribution < -0.4 is 19.8 Å². The average molecular weight is 605 g/mol. The van der Waals surface area contributed by atoms with Crippen molar-refractivity contribution in [2.75, 3.05) is 22.8 Å². The fourth-order valence-corrected chi connectivity index (χ4v) is 5.60. The molecule has 9 nitrogen and oxygen atoms in total. The first-order valence-electron chi connectivity index (χ1n) is 12.9. The Morgan fingerprint density at radius 1 is 0.881 bits per heavy atom. The van der Waals surface area contributed by atoms with Crippen LogP contribution in [0.1, 0.15) is 16.7 Å². The van der Waals surface area contributed by atoms with Crippen LogP contribution in [0.2, 0.25) is 5.02 Å². The van der Waals surface area contributed by atoms with Crippen molar-refractivity contribution in [1.29, 1.82) is 0 Å². The molecule has 42 heavy (non-hydrogen) atoms. The quantitative estimate of drug-likeness (QED) is 0.177. The van der Waals surface area contributed by atoms with Crippen molar-refractivity contribution in [3.63, 3.8) is 0 Å². The van der Waals surface area contributed by atoms with E-state index in [4.69, 9.17) is 16.3 Å². The molecule has 0 aliphatic rings.